The van der Waals surface area contributed by atoms with Gasteiger partial charge in [-0.05, 0) is 24.4 Å². The van der Waals surface area contributed by atoms with E-state index in [1.807, 2.05) is 24.3 Å². The van der Waals surface area contributed by atoms with Gasteiger partial charge in [0.15, 0.2) is 0 Å². The van der Waals surface area contributed by atoms with Gasteiger partial charge in [0.25, 0.3) is 0 Å². The number of hydrogen-bond donors (Lipinski definition) is 0. The Bertz CT molecular complexity index is 279. The Morgan fingerprint density at radius 1 is 1.36 bits per heavy atom. The zero-order chi connectivity index (χ0) is 8.10. The van der Waals surface area contributed by atoms with E-state index < -0.39 is 0 Å². The summed E-state index contributed by atoms with van der Waals surface area (Å²) in [7, 11) is 0. The van der Waals surface area contributed by atoms with E-state index in [0.717, 1.165) is 11.3 Å². The molecular weight excluding hydrogens is 136 g/mol. The zero-order valence-corrected chi connectivity index (χ0v) is 6.12. The van der Waals surface area contributed by atoms with E-state index in [0.29, 0.717) is 6.42 Å². The van der Waals surface area contributed by atoms with Crippen molar-refractivity contribution < 1.29 is 0 Å². The predicted octanol–water partition coefficient (Wildman–Crippen LogP) is 2.08. The SMILES string of the molecule is C=Nc1ccc(CC#N)cc1. The molecule has 1 aromatic carbocycles. The van der Waals surface area contributed by atoms with Crippen LogP contribution in [0.25, 0.3) is 0 Å². The lowest BCUT2D eigenvalue weighted by molar-refractivity contribution is 1.26. The van der Waals surface area contributed by atoms with E-state index in [2.05, 4.69) is 17.8 Å². The average molecular weight is 144 g/mol. The number of nitriles is 1. The molecule has 0 unspecified atom stereocenters. The van der Waals surface area contributed by atoms with Crippen LogP contribution in [0.5, 0.6) is 0 Å². The van der Waals surface area contributed by atoms with Gasteiger partial charge in [0.1, 0.15) is 0 Å². The number of nitrogens with zero attached hydrogens (tertiary/aromatic N) is 2. The molecule has 0 heterocycles. The van der Waals surface area contributed by atoms with E-state index in [1.54, 1.807) is 0 Å². The molecule has 0 saturated carbocycles. The monoisotopic (exact) mass is 144 g/mol. The fourth-order valence-electron chi connectivity index (χ4n) is 0.810. The van der Waals surface area contributed by atoms with Gasteiger partial charge in [-0.3, -0.25) is 4.99 Å². The lowest BCUT2D eigenvalue weighted by atomic mass is 10.1. The minimum Gasteiger partial charge on any atom is -0.265 e. The molecule has 0 bridgehead atoms. The largest absolute Gasteiger partial charge is 0.265 e. The maximum absolute atomic E-state index is 8.36. The lowest BCUT2D eigenvalue weighted by Gasteiger charge is -1.93. The van der Waals surface area contributed by atoms with Gasteiger partial charge in [-0.25, -0.2) is 0 Å². The molecule has 0 fully saturated rings. The van der Waals surface area contributed by atoms with Crippen molar-refractivity contribution in [1.82, 2.24) is 0 Å². The molecule has 0 radical (unpaired) electrons. The molecule has 0 amide bonds. The average Bonchev–Trinajstić information content (AvgIpc) is 2.07. The molecule has 0 aliphatic carbocycles. The second kappa shape index (κ2) is 3.52. The van der Waals surface area contributed by atoms with Crippen LogP contribution in [0.1, 0.15) is 5.56 Å². The molecule has 0 saturated heterocycles. The highest BCUT2D eigenvalue weighted by Crippen LogP contribution is 2.11. The molecule has 54 valence electrons. The van der Waals surface area contributed by atoms with Gasteiger partial charge < -0.3 is 0 Å². The third kappa shape index (κ3) is 1.91. The van der Waals surface area contributed by atoms with Crippen LogP contribution >= 0.6 is 0 Å². The molecule has 1 aromatic rings. The number of hydrogen-bond acceptors (Lipinski definition) is 2. The van der Waals surface area contributed by atoms with Crippen LogP contribution in [0, 0.1) is 11.3 Å². The normalized spacial score (nSPS) is 8.64. The number of rotatable bonds is 2. The molecule has 0 atom stereocenters. The van der Waals surface area contributed by atoms with E-state index in [9.17, 15) is 0 Å². The first-order chi connectivity index (χ1) is 5.36. The van der Waals surface area contributed by atoms with Crippen molar-refractivity contribution in [3.63, 3.8) is 0 Å². The minimum atomic E-state index is 0.456. The summed E-state index contributed by atoms with van der Waals surface area (Å²) in [5, 5.41) is 8.36. The van der Waals surface area contributed by atoms with E-state index in [-0.39, 0.29) is 0 Å². The van der Waals surface area contributed by atoms with E-state index in [4.69, 9.17) is 5.26 Å². The first-order valence-electron chi connectivity index (χ1n) is 3.29. The summed E-state index contributed by atoms with van der Waals surface area (Å²) in [4.78, 5) is 3.74. The third-order valence-electron chi connectivity index (χ3n) is 1.40. The molecule has 1 rings (SSSR count). The summed E-state index contributed by atoms with van der Waals surface area (Å²) in [6.07, 6.45) is 0.456. The van der Waals surface area contributed by atoms with E-state index in [1.165, 1.54) is 0 Å². The Kier molecular flexibility index (Phi) is 2.40. The highest BCUT2D eigenvalue weighted by molar-refractivity contribution is 5.46. The molecule has 0 aromatic heterocycles. The van der Waals surface area contributed by atoms with Crippen molar-refractivity contribution in [1.29, 1.82) is 5.26 Å². The summed E-state index contributed by atoms with van der Waals surface area (Å²) >= 11 is 0. The minimum absolute atomic E-state index is 0.456. The number of benzene rings is 1. The zero-order valence-electron chi connectivity index (χ0n) is 6.12. The topological polar surface area (TPSA) is 36.1 Å². The maximum Gasteiger partial charge on any atom is 0.0669 e. The van der Waals surface area contributed by atoms with Crippen LogP contribution in [0.4, 0.5) is 5.69 Å². The van der Waals surface area contributed by atoms with Crippen molar-refractivity contribution in [2.75, 3.05) is 0 Å². The number of aliphatic imine (C=N–C) groups is 1. The second-order valence-corrected chi connectivity index (χ2v) is 2.16. The quantitative estimate of drug-likeness (QED) is 0.585. The summed E-state index contributed by atoms with van der Waals surface area (Å²) in [5.41, 5.74) is 1.85. The molecule has 2 heteroatoms. The molecule has 0 aliphatic rings. The van der Waals surface area contributed by atoms with Gasteiger partial charge in [0.05, 0.1) is 18.2 Å². The highest BCUT2D eigenvalue weighted by atomic mass is 14.7. The van der Waals surface area contributed by atoms with Gasteiger partial charge in [-0.15, -0.1) is 0 Å². The van der Waals surface area contributed by atoms with Crippen LogP contribution in [-0.4, -0.2) is 6.72 Å². The molecule has 0 N–H and O–H groups in total. The Labute approximate surface area is 65.8 Å². The smallest absolute Gasteiger partial charge is 0.0669 e. The van der Waals surface area contributed by atoms with Gasteiger partial charge >= 0.3 is 0 Å². The Morgan fingerprint density at radius 2 is 2.00 bits per heavy atom. The summed E-state index contributed by atoms with van der Waals surface area (Å²) in [6.45, 7) is 3.39. The first-order valence-corrected chi connectivity index (χ1v) is 3.29. The van der Waals surface area contributed by atoms with Crippen LogP contribution in [0.15, 0.2) is 29.3 Å². The van der Waals surface area contributed by atoms with Crippen LogP contribution in [-0.2, 0) is 6.42 Å². The first kappa shape index (κ1) is 7.49. The van der Waals surface area contributed by atoms with Crippen molar-refractivity contribution in [3.05, 3.63) is 29.8 Å². The molecular formula is C9H8N2. The second-order valence-electron chi connectivity index (χ2n) is 2.16. The Hall–Kier alpha value is -1.62. The predicted molar refractivity (Wildman–Crippen MR) is 45.0 cm³/mol. The summed E-state index contributed by atoms with van der Waals surface area (Å²) in [6, 6.07) is 9.53. The van der Waals surface area contributed by atoms with Gasteiger partial charge in [-0.1, -0.05) is 12.1 Å². The van der Waals surface area contributed by atoms with Crippen LogP contribution < -0.4 is 0 Å². The molecule has 2 nitrogen and oxygen atoms in total. The van der Waals surface area contributed by atoms with Crippen molar-refractivity contribution in [3.8, 4) is 6.07 Å². The van der Waals surface area contributed by atoms with Gasteiger partial charge in [0, 0.05) is 0 Å². The maximum atomic E-state index is 8.36. The molecule has 0 aliphatic heterocycles. The fourth-order valence-corrected chi connectivity index (χ4v) is 0.810. The highest BCUT2D eigenvalue weighted by Gasteiger charge is 1.90. The molecule has 0 spiro atoms. The van der Waals surface area contributed by atoms with Gasteiger partial charge in [-0.2, -0.15) is 5.26 Å². The van der Waals surface area contributed by atoms with Gasteiger partial charge in [0.2, 0.25) is 0 Å². The van der Waals surface area contributed by atoms with Crippen molar-refractivity contribution in [2.45, 2.75) is 6.42 Å². The van der Waals surface area contributed by atoms with Crippen molar-refractivity contribution >= 4 is 12.4 Å². The fraction of sp³-hybridized carbons (Fsp3) is 0.111. The van der Waals surface area contributed by atoms with Crippen LogP contribution in [0.2, 0.25) is 0 Å². The summed E-state index contributed by atoms with van der Waals surface area (Å²) in [5.74, 6) is 0. The standard InChI is InChI=1S/C9H8N2/c1-11-9-4-2-8(3-5-9)6-7-10/h2-5H,1,6H2. The van der Waals surface area contributed by atoms with Crippen LogP contribution in [0.3, 0.4) is 0 Å². The van der Waals surface area contributed by atoms with Crippen molar-refractivity contribution in [2.24, 2.45) is 4.99 Å². The van der Waals surface area contributed by atoms with E-state index >= 15 is 0 Å². The Morgan fingerprint density at radius 3 is 2.45 bits per heavy atom. The third-order valence-corrected chi connectivity index (χ3v) is 1.40. The summed E-state index contributed by atoms with van der Waals surface area (Å²) < 4.78 is 0. The Balaban J connectivity index is 2.84. The lowest BCUT2D eigenvalue weighted by Crippen LogP contribution is -1.77. The molecule has 11 heavy (non-hydrogen) atoms.